The SMILES string of the molecule is Cc1ccc(OCCOc2ccc(-n3cccc3)cc2)c(C)c1. The summed E-state index contributed by atoms with van der Waals surface area (Å²) in [5.41, 5.74) is 3.52. The van der Waals surface area contributed by atoms with Crippen molar-refractivity contribution in [1.82, 2.24) is 4.57 Å². The maximum Gasteiger partial charge on any atom is 0.122 e. The monoisotopic (exact) mass is 307 g/mol. The lowest BCUT2D eigenvalue weighted by Crippen LogP contribution is -2.09. The molecule has 3 aromatic rings. The van der Waals surface area contributed by atoms with Gasteiger partial charge in [-0.15, -0.1) is 0 Å². The molecule has 0 aliphatic rings. The van der Waals surface area contributed by atoms with E-state index in [0.29, 0.717) is 13.2 Å². The highest BCUT2D eigenvalue weighted by Crippen LogP contribution is 2.19. The van der Waals surface area contributed by atoms with Crippen molar-refractivity contribution in [3.8, 4) is 17.2 Å². The first kappa shape index (κ1) is 15.2. The third kappa shape index (κ3) is 3.95. The van der Waals surface area contributed by atoms with E-state index in [1.807, 2.05) is 54.9 Å². The van der Waals surface area contributed by atoms with Crippen LogP contribution in [0.5, 0.6) is 11.5 Å². The van der Waals surface area contributed by atoms with E-state index in [9.17, 15) is 0 Å². The first-order valence-electron chi connectivity index (χ1n) is 7.79. The quantitative estimate of drug-likeness (QED) is 0.624. The molecular weight excluding hydrogens is 286 g/mol. The number of hydrogen-bond donors (Lipinski definition) is 0. The molecule has 1 aromatic heterocycles. The lowest BCUT2D eigenvalue weighted by molar-refractivity contribution is 0.216. The van der Waals surface area contributed by atoms with Gasteiger partial charge in [-0.1, -0.05) is 17.7 Å². The Bertz CT molecular complexity index is 746. The fraction of sp³-hybridized carbons (Fsp3) is 0.200. The molecule has 0 spiro atoms. The average Bonchev–Trinajstić information content (AvgIpc) is 3.08. The molecule has 0 saturated carbocycles. The van der Waals surface area contributed by atoms with E-state index >= 15 is 0 Å². The van der Waals surface area contributed by atoms with Gasteiger partial charge in [-0.3, -0.25) is 0 Å². The fourth-order valence-electron chi connectivity index (χ4n) is 2.49. The number of rotatable bonds is 6. The second kappa shape index (κ2) is 7.05. The minimum Gasteiger partial charge on any atom is -0.490 e. The van der Waals surface area contributed by atoms with Crippen molar-refractivity contribution in [3.05, 3.63) is 78.1 Å². The van der Waals surface area contributed by atoms with Gasteiger partial charge in [0.15, 0.2) is 0 Å². The first-order valence-corrected chi connectivity index (χ1v) is 7.79. The molecule has 0 aliphatic carbocycles. The average molecular weight is 307 g/mol. The lowest BCUT2D eigenvalue weighted by atomic mass is 10.1. The Hall–Kier alpha value is -2.68. The molecule has 0 atom stereocenters. The van der Waals surface area contributed by atoms with Crippen LogP contribution in [0.3, 0.4) is 0 Å². The van der Waals surface area contributed by atoms with Crippen molar-refractivity contribution in [3.63, 3.8) is 0 Å². The van der Waals surface area contributed by atoms with Crippen molar-refractivity contribution < 1.29 is 9.47 Å². The molecule has 0 bridgehead atoms. The van der Waals surface area contributed by atoms with Crippen LogP contribution in [-0.2, 0) is 0 Å². The molecule has 0 amide bonds. The third-order valence-corrected chi connectivity index (χ3v) is 3.68. The van der Waals surface area contributed by atoms with Crippen LogP contribution >= 0.6 is 0 Å². The van der Waals surface area contributed by atoms with Gasteiger partial charge < -0.3 is 14.0 Å². The summed E-state index contributed by atoms with van der Waals surface area (Å²) in [7, 11) is 0. The first-order chi connectivity index (χ1) is 11.2. The Labute approximate surface area is 137 Å². The molecule has 23 heavy (non-hydrogen) atoms. The molecular formula is C20H21NO2. The van der Waals surface area contributed by atoms with Crippen LogP contribution in [0.4, 0.5) is 0 Å². The zero-order valence-electron chi connectivity index (χ0n) is 13.5. The molecule has 3 nitrogen and oxygen atoms in total. The van der Waals surface area contributed by atoms with E-state index in [0.717, 1.165) is 22.7 Å². The molecule has 118 valence electrons. The van der Waals surface area contributed by atoms with Gasteiger partial charge in [0.2, 0.25) is 0 Å². The fourth-order valence-corrected chi connectivity index (χ4v) is 2.49. The molecule has 0 aliphatic heterocycles. The highest BCUT2D eigenvalue weighted by molar-refractivity contribution is 5.38. The summed E-state index contributed by atoms with van der Waals surface area (Å²) >= 11 is 0. The summed E-state index contributed by atoms with van der Waals surface area (Å²) in [6, 6.07) is 18.2. The summed E-state index contributed by atoms with van der Waals surface area (Å²) in [5.74, 6) is 1.77. The zero-order chi connectivity index (χ0) is 16.1. The number of aryl methyl sites for hydroxylation is 2. The Morgan fingerprint density at radius 3 is 2.22 bits per heavy atom. The summed E-state index contributed by atoms with van der Waals surface area (Å²) in [4.78, 5) is 0. The van der Waals surface area contributed by atoms with E-state index < -0.39 is 0 Å². The van der Waals surface area contributed by atoms with Crippen LogP contribution in [0.25, 0.3) is 5.69 Å². The highest BCUT2D eigenvalue weighted by atomic mass is 16.5. The molecule has 3 heteroatoms. The normalized spacial score (nSPS) is 10.5. The topological polar surface area (TPSA) is 23.4 Å². The van der Waals surface area contributed by atoms with E-state index in [2.05, 4.69) is 30.5 Å². The summed E-state index contributed by atoms with van der Waals surface area (Å²) in [6.07, 6.45) is 4.04. The third-order valence-electron chi connectivity index (χ3n) is 3.68. The molecule has 0 radical (unpaired) electrons. The van der Waals surface area contributed by atoms with Crippen molar-refractivity contribution in [1.29, 1.82) is 0 Å². The van der Waals surface area contributed by atoms with Crippen molar-refractivity contribution in [2.75, 3.05) is 13.2 Å². The predicted octanol–water partition coefficient (Wildman–Crippen LogP) is 4.55. The van der Waals surface area contributed by atoms with Crippen LogP contribution in [0.15, 0.2) is 67.0 Å². The standard InChI is InChI=1S/C20H21NO2/c1-16-5-10-20(17(2)15-16)23-14-13-22-19-8-6-18(7-9-19)21-11-3-4-12-21/h3-12,15H,13-14H2,1-2H3. The summed E-state index contributed by atoms with van der Waals surface area (Å²) in [5, 5.41) is 0. The highest BCUT2D eigenvalue weighted by Gasteiger charge is 2.00. The summed E-state index contributed by atoms with van der Waals surface area (Å²) in [6.45, 7) is 5.19. The van der Waals surface area contributed by atoms with Gasteiger partial charge in [0.1, 0.15) is 24.7 Å². The molecule has 2 aromatic carbocycles. The van der Waals surface area contributed by atoms with Gasteiger partial charge in [0, 0.05) is 18.1 Å². The van der Waals surface area contributed by atoms with Crippen molar-refractivity contribution in [2.45, 2.75) is 13.8 Å². The molecule has 0 fully saturated rings. The van der Waals surface area contributed by atoms with Gasteiger partial charge >= 0.3 is 0 Å². The Balaban J connectivity index is 1.49. The van der Waals surface area contributed by atoms with Crippen LogP contribution in [0.1, 0.15) is 11.1 Å². The molecule has 3 rings (SSSR count). The molecule has 0 saturated heterocycles. The predicted molar refractivity (Wildman–Crippen MR) is 92.7 cm³/mol. The second-order valence-corrected chi connectivity index (χ2v) is 5.55. The van der Waals surface area contributed by atoms with Crippen LogP contribution in [-0.4, -0.2) is 17.8 Å². The Kier molecular flexibility index (Phi) is 4.67. The summed E-state index contributed by atoms with van der Waals surface area (Å²) < 4.78 is 13.6. The van der Waals surface area contributed by atoms with E-state index in [-0.39, 0.29) is 0 Å². The molecule has 1 heterocycles. The van der Waals surface area contributed by atoms with Gasteiger partial charge in [-0.2, -0.15) is 0 Å². The maximum atomic E-state index is 5.77. The van der Waals surface area contributed by atoms with Crippen LogP contribution < -0.4 is 9.47 Å². The maximum absolute atomic E-state index is 5.77. The minimum absolute atomic E-state index is 0.524. The van der Waals surface area contributed by atoms with Crippen molar-refractivity contribution in [2.24, 2.45) is 0 Å². The smallest absolute Gasteiger partial charge is 0.122 e. The number of aromatic nitrogens is 1. The van der Waals surface area contributed by atoms with Crippen molar-refractivity contribution >= 4 is 0 Å². The number of benzene rings is 2. The number of ether oxygens (including phenoxy) is 2. The van der Waals surface area contributed by atoms with E-state index in [1.165, 1.54) is 5.56 Å². The van der Waals surface area contributed by atoms with Crippen LogP contribution in [0.2, 0.25) is 0 Å². The largest absolute Gasteiger partial charge is 0.490 e. The van der Waals surface area contributed by atoms with Gasteiger partial charge in [-0.25, -0.2) is 0 Å². The number of hydrogen-bond acceptors (Lipinski definition) is 2. The lowest BCUT2D eigenvalue weighted by Gasteiger charge is -2.11. The zero-order valence-corrected chi connectivity index (χ0v) is 13.5. The van der Waals surface area contributed by atoms with E-state index in [4.69, 9.17) is 9.47 Å². The molecule has 0 unspecified atom stereocenters. The van der Waals surface area contributed by atoms with E-state index in [1.54, 1.807) is 0 Å². The Morgan fingerprint density at radius 1 is 0.826 bits per heavy atom. The van der Waals surface area contributed by atoms with Gasteiger partial charge in [-0.05, 0) is 61.9 Å². The second-order valence-electron chi connectivity index (χ2n) is 5.55. The van der Waals surface area contributed by atoms with Gasteiger partial charge in [0.05, 0.1) is 0 Å². The number of nitrogens with zero attached hydrogens (tertiary/aromatic N) is 1. The molecule has 0 N–H and O–H groups in total. The Morgan fingerprint density at radius 2 is 1.52 bits per heavy atom. The van der Waals surface area contributed by atoms with Crippen LogP contribution in [0, 0.1) is 13.8 Å². The minimum atomic E-state index is 0.524. The van der Waals surface area contributed by atoms with Gasteiger partial charge in [0.25, 0.3) is 0 Å².